The number of hydrogen-bond donors (Lipinski definition) is 1. The van der Waals surface area contributed by atoms with Gasteiger partial charge in [-0.1, -0.05) is 36.4 Å². The zero-order chi connectivity index (χ0) is 18.7. The average Bonchev–Trinajstić information content (AvgIpc) is 3.33. The van der Waals surface area contributed by atoms with Gasteiger partial charge in [-0.2, -0.15) is 0 Å². The normalized spacial score (nSPS) is 20.1. The Labute approximate surface area is 159 Å². The van der Waals surface area contributed by atoms with E-state index in [0.717, 1.165) is 42.9 Å². The van der Waals surface area contributed by atoms with Gasteiger partial charge in [-0.15, -0.1) is 0 Å². The summed E-state index contributed by atoms with van der Waals surface area (Å²) in [6, 6.07) is 16.3. The van der Waals surface area contributed by atoms with Crippen LogP contribution in [0.25, 0.3) is 0 Å². The number of benzene rings is 2. The van der Waals surface area contributed by atoms with Crippen LogP contribution in [0.4, 0.5) is 0 Å². The lowest BCUT2D eigenvalue weighted by molar-refractivity contribution is 0.0453. The van der Waals surface area contributed by atoms with E-state index in [4.69, 9.17) is 4.74 Å². The van der Waals surface area contributed by atoms with Crippen molar-refractivity contribution in [3.63, 3.8) is 0 Å². The molecular weight excluding hydrogens is 338 g/mol. The second-order valence-electron chi connectivity index (χ2n) is 7.24. The summed E-state index contributed by atoms with van der Waals surface area (Å²) in [6.45, 7) is 3.08. The Morgan fingerprint density at radius 1 is 1.15 bits per heavy atom. The Bertz CT molecular complexity index is 880. The van der Waals surface area contributed by atoms with E-state index in [-0.39, 0.29) is 0 Å². The van der Waals surface area contributed by atoms with E-state index in [0.29, 0.717) is 6.54 Å². The predicted molar refractivity (Wildman–Crippen MR) is 105 cm³/mol. The number of β-amino-alcohol motifs (C(OH)–C–C–N with tert-alkyl or cyclic N) is 1. The maximum absolute atomic E-state index is 11.0. The zero-order valence-corrected chi connectivity index (χ0v) is 15.6. The minimum Gasteiger partial charge on any atom is -0.496 e. The predicted octanol–water partition coefficient (Wildman–Crippen LogP) is 3.03. The van der Waals surface area contributed by atoms with Crippen molar-refractivity contribution >= 4 is 0 Å². The maximum atomic E-state index is 11.0. The van der Waals surface area contributed by atoms with Gasteiger partial charge in [0.25, 0.3) is 0 Å². The lowest BCUT2D eigenvalue weighted by Crippen LogP contribution is -2.30. The molecule has 1 aliphatic rings. The molecule has 2 aromatic carbocycles. The molecule has 1 aliphatic heterocycles. The molecule has 4 rings (SSSR count). The number of methoxy groups -OCH3 is 1. The lowest BCUT2D eigenvalue weighted by atomic mass is 9.93. The summed E-state index contributed by atoms with van der Waals surface area (Å²) < 4.78 is 7.56. The first-order valence-electron chi connectivity index (χ1n) is 9.28. The Balaban J connectivity index is 1.48. The Morgan fingerprint density at radius 3 is 2.74 bits per heavy atom. The zero-order valence-electron chi connectivity index (χ0n) is 15.6. The highest BCUT2D eigenvalue weighted by Crippen LogP contribution is 2.33. The minimum atomic E-state index is -0.757. The molecule has 0 aliphatic carbocycles. The van der Waals surface area contributed by atoms with Crippen molar-refractivity contribution < 1.29 is 9.84 Å². The van der Waals surface area contributed by atoms with Crippen LogP contribution < -0.4 is 4.74 Å². The highest BCUT2D eigenvalue weighted by Gasteiger charge is 2.37. The van der Waals surface area contributed by atoms with Gasteiger partial charge in [0.15, 0.2) is 0 Å². The van der Waals surface area contributed by atoms with Gasteiger partial charge < -0.3 is 14.4 Å². The summed E-state index contributed by atoms with van der Waals surface area (Å²) in [4.78, 5) is 6.43. The number of rotatable bonds is 6. The summed E-state index contributed by atoms with van der Waals surface area (Å²) in [5.74, 6) is 0.884. The first-order valence-corrected chi connectivity index (χ1v) is 9.28. The van der Waals surface area contributed by atoms with Gasteiger partial charge in [0, 0.05) is 37.6 Å². The Morgan fingerprint density at radius 2 is 2.00 bits per heavy atom. The first-order chi connectivity index (χ1) is 13.2. The van der Waals surface area contributed by atoms with E-state index in [9.17, 15) is 5.11 Å². The fourth-order valence-electron chi connectivity index (χ4n) is 3.88. The van der Waals surface area contributed by atoms with Crippen molar-refractivity contribution in [3.05, 3.63) is 83.9 Å². The topological polar surface area (TPSA) is 50.5 Å². The van der Waals surface area contributed by atoms with Crippen molar-refractivity contribution in [2.75, 3.05) is 20.2 Å². The molecule has 1 atom stereocenters. The summed E-state index contributed by atoms with van der Waals surface area (Å²) in [5, 5.41) is 11.0. The molecule has 27 heavy (non-hydrogen) atoms. The Hall–Kier alpha value is -2.63. The smallest absolute Gasteiger partial charge is 0.123 e. The maximum Gasteiger partial charge on any atom is 0.123 e. The van der Waals surface area contributed by atoms with Crippen LogP contribution in [0, 0.1) is 0 Å². The summed E-state index contributed by atoms with van der Waals surface area (Å²) in [5.41, 5.74) is 2.60. The fourth-order valence-corrected chi connectivity index (χ4v) is 3.88. The molecule has 1 N–H and O–H groups in total. The van der Waals surface area contributed by atoms with Crippen LogP contribution >= 0.6 is 0 Å². The summed E-state index contributed by atoms with van der Waals surface area (Å²) >= 11 is 0. The molecule has 0 amide bonds. The van der Waals surface area contributed by atoms with Gasteiger partial charge in [-0.05, 0) is 29.7 Å². The second kappa shape index (κ2) is 7.55. The minimum absolute atomic E-state index is 0.653. The molecule has 0 saturated carbocycles. The number of imidazole rings is 1. The van der Waals surface area contributed by atoms with Crippen molar-refractivity contribution in [3.8, 4) is 5.75 Å². The van der Waals surface area contributed by atoms with E-state index in [1.54, 1.807) is 13.3 Å². The molecule has 3 aromatic rings. The molecule has 0 radical (unpaired) electrons. The van der Waals surface area contributed by atoms with Gasteiger partial charge in [0.05, 0.1) is 20.0 Å². The lowest BCUT2D eigenvalue weighted by Gasteiger charge is -2.24. The quantitative estimate of drug-likeness (QED) is 0.731. The third kappa shape index (κ3) is 3.89. The molecule has 5 nitrogen and oxygen atoms in total. The Kier molecular flexibility index (Phi) is 4.97. The van der Waals surface area contributed by atoms with Gasteiger partial charge in [-0.25, -0.2) is 4.98 Å². The van der Waals surface area contributed by atoms with E-state index in [2.05, 4.69) is 22.0 Å². The highest BCUT2D eigenvalue weighted by atomic mass is 16.5. The number of hydrogen-bond acceptors (Lipinski definition) is 4. The molecule has 140 valence electrons. The standard InChI is InChI=1S/C22H25N3O2/c1-27-21-8-7-18(13-19(21)15-25-12-10-23-17-25)14-24-11-9-22(26,16-24)20-5-3-2-4-6-20/h2-8,10,12-13,17,26H,9,11,14-16H2,1H3. The van der Waals surface area contributed by atoms with E-state index in [1.807, 2.05) is 53.5 Å². The number of nitrogens with zero attached hydrogens (tertiary/aromatic N) is 3. The molecule has 0 spiro atoms. The van der Waals surface area contributed by atoms with Crippen molar-refractivity contribution in [2.45, 2.75) is 25.1 Å². The van der Waals surface area contributed by atoms with Gasteiger partial charge in [0.2, 0.25) is 0 Å². The third-order valence-corrected chi connectivity index (χ3v) is 5.30. The summed E-state index contributed by atoms with van der Waals surface area (Å²) in [6.07, 6.45) is 6.30. The third-order valence-electron chi connectivity index (χ3n) is 5.30. The van der Waals surface area contributed by atoms with E-state index >= 15 is 0 Å². The number of likely N-dealkylation sites (tertiary alicyclic amines) is 1. The molecule has 1 unspecified atom stereocenters. The van der Waals surface area contributed by atoms with Crippen molar-refractivity contribution in [1.29, 1.82) is 0 Å². The molecule has 5 heteroatoms. The van der Waals surface area contributed by atoms with Crippen LogP contribution in [0.5, 0.6) is 5.75 Å². The van der Waals surface area contributed by atoms with Crippen molar-refractivity contribution in [1.82, 2.24) is 14.5 Å². The van der Waals surface area contributed by atoms with E-state index < -0.39 is 5.60 Å². The van der Waals surface area contributed by atoms with Gasteiger partial charge in [-0.3, -0.25) is 4.90 Å². The van der Waals surface area contributed by atoms with Crippen LogP contribution in [0.3, 0.4) is 0 Å². The van der Waals surface area contributed by atoms with Gasteiger partial charge in [0.1, 0.15) is 11.4 Å². The second-order valence-corrected chi connectivity index (χ2v) is 7.24. The molecule has 1 aromatic heterocycles. The van der Waals surface area contributed by atoms with Crippen LogP contribution in [-0.4, -0.2) is 39.8 Å². The number of aromatic nitrogens is 2. The largest absolute Gasteiger partial charge is 0.496 e. The average molecular weight is 363 g/mol. The molecule has 1 saturated heterocycles. The van der Waals surface area contributed by atoms with Crippen LogP contribution in [0.15, 0.2) is 67.3 Å². The monoisotopic (exact) mass is 363 g/mol. The SMILES string of the molecule is COc1ccc(CN2CCC(O)(c3ccccc3)C2)cc1Cn1ccnc1. The highest BCUT2D eigenvalue weighted by molar-refractivity contribution is 5.37. The molecule has 1 fully saturated rings. The van der Waals surface area contributed by atoms with E-state index in [1.165, 1.54) is 5.56 Å². The molecular formula is C22H25N3O2. The number of aliphatic hydroxyl groups is 1. The van der Waals surface area contributed by atoms with Crippen molar-refractivity contribution in [2.24, 2.45) is 0 Å². The molecule has 2 heterocycles. The van der Waals surface area contributed by atoms with Crippen LogP contribution in [-0.2, 0) is 18.7 Å². The van der Waals surface area contributed by atoms with Crippen LogP contribution in [0.1, 0.15) is 23.1 Å². The van der Waals surface area contributed by atoms with Crippen LogP contribution in [0.2, 0.25) is 0 Å². The first kappa shape index (κ1) is 17.8. The van der Waals surface area contributed by atoms with Gasteiger partial charge >= 0.3 is 0 Å². The molecule has 0 bridgehead atoms. The summed E-state index contributed by atoms with van der Waals surface area (Å²) in [7, 11) is 1.70. The number of ether oxygens (including phenoxy) is 1. The fraction of sp³-hybridized carbons (Fsp3) is 0.318.